The average Bonchev–Trinajstić information content (AvgIpc) is 2.77. The maximum Gasteiger partial charge on any atom is 0.334 e. The molecule has 2 aliphatic rings. The van der Waals surface area contributed by atoms with Crippen molar-refractivity contribution in [2.75, 3.05) is 0 Å². The molecule has 0 amide bonds. The Morgan fingerprint density at radius 2 is 2.04 bits per heavy atom. The van der Waals surface area contributed by atoms with Crippen molar-refractivity contribution < 1.29 is 24.2 Å². The molecule has 1 heterocycles. The summed E-state index contributed by atoms with van der Waals surface area (Å²) in [7, 11) is 0. The molecule has 0 aromatic heterocycles. The van der Waals surface area contributed by atoms with Crippen molar-refractivity contribution >= 4 is 11.9 Å². The van der Waals surface area contributed by atoms with Gasteiger partial charge in [0.2, 0.25) is 0 Å². The van der Waals surface area contributed by atoms with Gasteiger partial charge in [0.1, 0.15) is 12.2 Å². The van der Waals surface area contributed by atoms with Crippen LogP contribution in [0.2, 0.25) is 0 Å². The molecule has 4 atom stereocenters. The lowest BCUT2D eigenvalue weighted by Gasteiger charge is -2.27. The van der Waals surface area contributed by atoms with E-state index in [1.165, 1.54) is 0 Å². The molecular formula is C19H26O5. The van der Waals surface area contributed by atoms with E-state index in [2.05, 4.69) is 6.58 Å². The van der Waals surface area contributed by atoms with Crippen molar-refractivity contribution in [2.45, 2.75) is 58.8 Å². The van der Waals surface area contributed by atoms with Crippen LogP contribution in [0.5, 0.6) is 0 Å². The summed E-state index contributed by atoms with van der Waals surface area (Å²) in [6, 6.07) is 0. The van der Waals surface area contributed by atoms with Crippen molar-refractivity contribution in [3.05, 3.63) is 35.5 Å². The highest BCUT2D eigenvalue weighted by atomic mass is 16.6. The van der Waals surface area contributed by atoms with Crippen molar-refractivity contribution in [1.82, 2.24) is 0 Å². The van der Waals surface area contributed by atoms with E-state index in [1.807, 2.05) is 19.9 Å². The van der Waals surface area contributed by atoms with Crippen molar-refractivity contribution in [2.24, 2.45) is 11.8 Å². The second-order valence-corrected chi connectivity index (χ2v) is 6.96. The molecule has 0 radical (unpaired) electrons. The van der Waals surface area contributed by atoms with Crippen molar-refractivity contribution in [3.63, 3.8) is 0 Å². The number of carbonyl (C=O) groups excluding carboxylic acids is 2. The number of rotatable bonds is 2. The predicted octanol–water partition coefficient (Wildman–Crippen LogP) is 2.70. The number of fused-ring (bicyclic) bond motifs is 1. The van der Waals surface area contributed by atoms with E-state index in [0.29, 0.717) is 18.4 Å². The summed E-state index contributed by atoms with van der Waals surface area (Å²) >= 11 is 0. The molecule has 5 nitrogen and oxygen atoms in total. The van der Waals surface area contributed by atoms with Crippen LogP contribution in [0.3, 0.4) is 0 Å². The predicted molar refractivity (Wildman–Crippen MR) is 90.0 cm³/mol. The van der Waals surface area contributed by atoms with Gasteiger partial charge in [0.15, 0.2) is 0 Å². The molecular weight excluding hydrogens is 308 g/mol. The Balaban J connectivity index is 2.43. The summed E-state index contributed by atoms with van der Waals surface area (Å²) in [5.74, 6) is -1.56. The van der Waals surface area contributed by atoms with Gasteiger partial charge in [-0.2, -0.15) is 0 Å². The normalized spacial score (nSPS) is 35.4. The average molecular weight is 334 g/mol. The highest BCUT2D eigenvalue weighted by Crippen LogP contribution is 2.35. The number of esters is 2. The van der Waals surface area contributed by atoms with Gasteiger partial charge in [-0.15, -0.1) is 0 Å². The molecule has 0 aromatic carbocycles. The third kappa shape index (κ3) is 3.96. The van der Waals surface area contributed by atoms with Gasteiger partial charge in [0.25, 0.3) is 0 Å². The first-order chi connectivity index (χ1) is 11.2. The van der Waals surface area contributed by atoms with E-state index in [-0.39, 0.29) is 11.9 Å². The molecule has 0 saturated carbocycles. The van der Waals surface area contributed by atoms with Crippen LogP contribution < -0.4 is 0 Å². The van der Waals surface area contributed by atoms with E-state index in [0.717, 1.165) is 11.1 Å². The van der Waals surface area contributed by atoms with Crippen LogP contribution in [0.1, 0.15) is 40.5 Å². The van der Waals surface area contributed by atoms with E-state index >= 15 is 0 Å². The molecule has 0 aromatic rings. The van der Waals surface area contributed by atoms with Gasteiger partial charge in [-0.3, -0.25) is 4.79 Å². The Bertz CT molecular complexity index is 599. The van der Waals surface area contributed by atoms with E-state index in [9.17, 15) is 14.7 Å². The SMILES string of the molecule is C=C1C(=O)O[C@H]2/C=C(/C)[C@@H](O)CC/C(C)=C/[C@H](OC(=O)C(C)C)C12. The van der Waals surface area contributed by atoms with Gasteiger partial charge < -0.3 is 14.6 Å². The monoisotopic (exact) mass is 334 g/mol. The number of aliphatic hydroxyl groups excluding tert-OH is 1. The summed E-state index contributed by atoms with van der Waals surface area (Å²) < 4.78 is 11.0. The van der Waals surface area contributed by atoms with Gasteiger partial charge in [0.05, 0.1) is 17.9 Å². The first-order valence-corrected chi connectivity index (χ1v) is 8.34. The first kappa shape index (κ1) is 18.5. The lowest BCUT2D eigenvalue weighted by molar-refractivity contribution is -0.152. The third-order valence-electron chi connectivity index (χ3n) is 4.55. The molecule has 0 bridgehead atoms. The second-order valence-electron chi connectivity index (χ2n) is 6.96. The van der Waals surface area contributed by atoms with Crippen LogP contribution in [0.15, 0.2) is 35.5 Å². The Morgan fingerprint density at radius 3 is 2.67 bits per heavy atom. The Morgan fingerprint density at radius 1 is 1.38 bits per heavy atom. The quantitative estimate of drug-likeness (QED) is 0.477. The van der Waals surface area contributed by atoms with Crippen LogP contribution in [-0.4, -0.2) is 35.4 Å². The van der Waals surface area contributed by atoms with Crippen LogP contribution in [0, 0.1) is 11.8 Å². The minimum atomic E-state index is -0.608. The van der Waals surface area contributed by atoms with Crippen LogP contribution in [0.25, 0.3) is 0 Å². The molecule has 132 valence electrons. The summed E-state index contributed by atoms with van der Waals surface area (Å²) in [5, 5.41) is 10.2. The second kappa shape index (κ2) is 7.34. The zero-order valence-corrected chi connectivity index (χ0v) is 14.7. The number of carbonyl (C=O) groups is 2. The Kier molecular flexibility index (Phi) is 5.65. The van der Waals surface area contributed by atoms with Gasteiger partial charge in [0, 0.05) is 5.57 Å². The zero-order chi connectivity index (χ0) is 18.0. The standard InChI is InChI=1S/C19H26O5/c1-10(2)18(21)23-15-8-11(3)6-7-14(20)12(4)9-16-17(15)13(5)19(22)24-16/h8-10,14-17,20H,5-7H2,1-4H3/b11-8+,12-9-/t14-,15-,16-,17?/m0/s1. The molecule has 5 heteroatoms. The minimum absolute atomic E-state index is 0.266. The van der Waals surface area contributed by atoms with E-state index in [1.54, 1.807) is 19.9 Å². The highest BCUT2D eigenvalue weighted by Gasteiger charge is 2.44. The molecule has 1 unspecified atom stereocenters. The van der Waals surface area contributed by atoms with Gasteiger partial charge >= 0.3 is 11.9 Å². The van der Waals surface area contributed by atoms with Gasteiger partial charge in [-0.25, -0.2) is 4.79 Å². The number of hydrogen-bond acceptors (Lipinski definition) is 5. The van der Waals surface area contributed by atoms with Crippen molar-refractivity contribution in [3.8, 4) is 0 Å². The third-order valence-corrected chi connectivity index (χ3v) is 4.55. The van der Waals surface area contributed by atoms with E-state index in [4.69, 9.17) is 9.47 Å². The largest absolute Gasteiger partial charge is 0.457 e. The molecule has 0 spiro atoms. The Hall–Kier alpha value is -1.88. The number of hydrogen-bond donors (Lipinski definition) is 1. The minimum Gasteiger partial charge on any atom is -0.457 e. The fourth-order valence-electron chi connectivity index (χ4n) is 2.94. The summed E-state index contributed by atoms with van der Waals surface area (Å²) in [6.07, 6.45) is 3.07. The molecule has 1 aliphatic carbocycles. The summed E-state index contributed by atoms with van der Waals surface area (Å²) in [6.45, 7) is 11.1. The fourth-order valence-corrected chi connectivity index (χ4v) is 2.94. The Labute approximate surface area is 143 Å². The summed E-state index contributed by atoms with van der Waals surface area (Å²) in [4.78, 5) is 24.1. The zero-order valence-electron chi connectivity index (χ0n) is 14.7. The van der Waals surface area contributed by atoms with Crippen molar-refractivity contribution in [1.29, 1.82) is 0 Å². The number of ether oxygens (including phenoxy) is 2. The highest BCUT2D eigenvalue weighted by molar-refractivity contribution is 5.91. The topological polar surface area (TPSA) is 72.8 Å². The lowest BCUT2D eigenvalue weighted by atomic mass is 9.86. The molecule has 24 heavy (non-hydrogen) atoms. The van der Waals surface area contributed by atoms with Gasteiger partial charge in [-0.05, 0) is 44.4 Å². The molecule has 1 saturated heterocycles. The molecule has 1 fully saturated rings. The fraction of sp³-hybridized carbons (Fsp3) is 0.579. The smallest absolute Gasteiger partial charge is 0.334 e. The first-order valence-electron chi connectivity index (χ1n) is 8.34. The molecule has 1 aliphatic heterocycles. The maximum absolute atomic E-state index is 12.1. The number of allylic oxidation sites excluding steroid dienone is 1. The lowest BCUT2D eigenvalue weighted by Crippen LogP contribution is -2.33. The van der Waals surface area contributed by atoms with Gasteiger partial charge in [-0.1, -0.05) is 26.0 Å². The summed E-state index contributed by atoms with van der Waals surface area (Å²) in [5.41, 5.74) is 2.04. The van der Waals surface area contributed by atoms with Crippen LogP contribution in [-0.2, 0) is 19.1 Å². The van der Waals surface area contributed by atoms with E-state index < -0.39 is 30.2 Å². The number of aliphatic hydroxyl groups is 1. The molecule has 2 rings (SSSR count). The molecule has 1 N–H and O–H groups in total. The van der Waals surface area contributed by atoms with Crippen LogP contribution in [0.4, 0.5) is 0 Å². The maximum atomic E-state index is 12.1. The van der Waals surface area contributed by atoms with Crippen LogP contribution >= 0.6 is 0 Å².